The number of benzene rings is 1. The summed E-state index contributed by atoms with van der Waals surface area (Å²) in [4.78, 5) is 15.2. The fourth-order valence-corrected chi connectivity index (χ4v) is 4.15. The normalized spacial score (nSPS) is 26.0. The van der Waals surface area contributed by atoms with Crippen LogP contribution in [0.25, 0.3) is 6.08 Å². The molecule has 0 radical (unpaired) electrons. The Kier molecular flexibility index (Phi) is 4.19. The number of carbonyl (C=O) groups excluding carboxylic acids is 1. The van der Waals surface area contributed by atoms with Crippen LogP contribution in [0.5, 0.6) is 11.5 Å². The first-order valence-corrected chi connectivity index (χ1v) is 8.81. The second-order valence-corrected chi connectivity index (χ2v) is 6.80. The van der Waals surface area contributed by atoms with Gasteiger partial charge >= 0.3 is 0 Å². The molecular weight excluding hydrogens is 304 g/mol. The van der Waals surface area contributed by atoms with Gasteiger partial charge in [0, 0.05) is 24.2 Å². The zero-order valence-corrected chi connectivity index (χ0v) is 14.1. The van der Waals surface area contributed by atoms with Crippen molar-refractivity contribution in [3.63, 3.8) is 0 Å². The third kappa shape index (κ3) is 2.77. The monoisotopic (exact) mass is 328 g/mol. The van der Waals surface area contributed by atoms with Crippen LogP contribution in [0.1, 0.15) is 31.2 Å². The fourth-order valence-electron chi connectivity index (χ4n) is 4.15. The molecule has 5 heteroatoms. The van der Waals surface area contributed by atoms with E-state index in [4.69, 9.17) is 9.47 Å². The molecule has 0 aliphatic carbocycles. The minimum Gasteiger partial charge on any atom is -0.493 e. The van der Waals surface area contributed by atoms with Crippen molar-refractivity contribution in [3.8, 4) is 11.5 Å². The summed E-state index contributed by atoms with van der Waals surface area (Å²) in [5, 5.41) is 3.25. The standard InChI is InChI=1S/C19H24N2O3/c1-23-17-7-4-5-13-11-14(12-24-18(13)17)19(22)20-15-8-10-21-9-3-2-6-16(15)21/h4-5,7,11,15-16H,2-3,6,8-10,12H2,1H3,(H,20,22)/t15-,16-/m1/s1. The first-order valence-electron chi connectivity index (χ1n) is 8.81. The molecule has 1 N–H and O–H groups in total. The predicted octanol–water partition coefficient (Wildman–Crippen LogP) is 2.21. The second-order valence-electron chi connectivity index (χ2n) is 6.80. The molecule has 0 spiro atoms. The van der Waals surface area contributed by atoms with E-state index in [1.807, 2.05) is 24.3 Å². The molecule has 2 saturated heterocycles. The lowest BCUT2D eigenvalue weighted by atomic mass is 9.98. The van der Waals surface area contributed by atoms with Crippen LogP contribution in [0.3, 0.4) is 0 Å². The largest absolute Gasteiger partial charge is 0.493 e. The lowest BCUT2D eigenvalue weighted by Crippen LogP contribution is -2.47. The Morgan fingerprint density at radius 3 is 3.08 bits per heavy atom. The third-order valence-corrected chi connectivity index (χ3v) is 5.40. The number of nitrogens with zero attached hydrogens (tertiary/aromatic N) is 1. The molecule has 2 fully saturated rings. The average molecular weight is 328 g/mol. The van der Waals surface area contributed by atoms with Gasteiger partial charge < -0.3 is 14.8 Å². The highest BCUT2D eigenvalue weighted by molar-refractivity contribution is 5.99. The van der Waals surface area contributed by atoms with E-state index in [0.717, 1.165) is 24.3 Å². The molecule has 128 valence electrons. The minimum atomic E-state index is 0.000827. The lowest BCUT2D eigenvalue weighted by Gasteiger charge is -2.32. The summed E-state index contributed by atoms with van der Waals surface area (Å²) in [5.41, 5.74) is 1.58. The van der Waals surface area contributed by atoms with Crippen molar-refractivity contribution < 1.29 is 14.3 Å². The summed E-state index contributed by atoms with van der Waals surface area (Å²) in [6.07, 6.45) is 6.72. The van der Waals surface area contributed by atoms with E-state index in [1.54, 1.807) is 7.11 Å². The highest BCUT2D eigenvalue weighted by Crippen LogP contribution is 2.35. The summed E-state index contributed by atoms with van der Waals surface area (Å²) in [7, 11) is 1.63. The van der Waals surface area contributed by atoms with Gasteiger partial charge in [-0.3, -0.25) is 9.69 Å². The summed E-state index contributed by atoms with van der Waals surface area (Å²) in [6.45, 7) is 2.57. The van der Waals surface area contributed by atoms with Crippen molar-refractivity contribution in [2.24, 2.45) is 0 Å². The Labute approximate surface area is 142 Å². The minimum absolute atomic E-state index is 0.000827. The molecule has 1 amide bonds. The van der Waals surface area contributed by atoms with Gasteiger partial charge in [0.1, 0.15) is 6.61 Å². The third-order valence-electron chi connectivity index (χ3n) is 5.40. The van der Waals surface area contributed by atoms with Gasteiger partial charge in [-0.25, -0.2) is 0 Å². The zero-order chi connectivity index (χ0) is 16.5. The SMILES string of the molecule is COc1cccc2c1OCC(C(=O)N[C@@H]1CCN3CCCC[C@H]13)=C2. The van der Waals surface area contributed by atoms with E-state index in [9.17, 15) is 4.79 Å². The number of rotatable bonds is 3. The smallest absolute Gasteiger partial charge is 0.250 e. The molecule has 5 nitrogen and oxygen atoms in total. The van der Waals surface area contributed by atoms with Crippen LogP contribution in [0.4, 0.5) is 0 Å². The van der Waals surface area contributed by atoms with Crippen molar-refractivity contribution in [1.82, 2.24) is 10.2 Å². The van der Waals surface area contributed by atoms with E-state index in [0.29, 0.717) is 24.0 Å². The molecular formula is C19H24N2O3. The van der Waals surface area contributed by atoms with Crippen molar-refractivity contribution in [2.45, 2.75) is 37.8 Å². The average Bonchev–Trinajstić information content (AvgIpc) is 3.03. The Bertz CT molecular complexity index is 671. The maximum absolute atomic E-state index is 12.7. The van der Waals surface area contributed by atoms with Crippen LogP contribution in [-0.2, 0) is 4.79 Å². The van der Waals surface area contributed by atoms with Crippen molar-refractivity contribution in [1.29, 1.82) is 0 Å². The molecule has 0 saturated carbocycles. The first-order chi connectivity index (χ1) is 11.8. The number of para-hydroxylation sites is 1. The molecule has 1 aromatic rings. The molecule has 3 heterocycles. The number of nitrogens with one attached hydrogen (secondary N) is 1. The summed E-state index contributed by atoms with van der Waals surface area (Å²) in [6, 6.07) is 6.51. The highest BCUT2D eigenvalue weighted by atomic mass is 16.5. The van der Waals surface area contributed by atoms with E-state index < -0.39 is 0 Å². The van der Waals surface area contributed by atoms with E-state index in [1.165, 1.54) is 25.8 Å². The molecule has 24 heavy (non-hydrogen) atoms. The van der Waals surface area contributed by atoms with Crippen LogP contribution in [0.15, 0.2) is 23.8 Å². The quantitative estimate of drug-likeness (QED) is 0.924. The lowest BCUT2D eigenvalue weighted by molar-refractivity contribution is -0.118. The van der Waals surface area contributed by atoms with Gasteiger partial charge in [0.25, 0.3) is 5.91 Å². The van der Waals surface area contributed by atoms with Crippen LogP contribution in [0, 0.1) is 0 Å². The van der Waals surface area contributed by atoms with Gasteiger partial charge in [-0.15, -0.1) is 0 Å². The molecule has 2 atom stereocenters. The number of carbonyl (C=O) groups is 1. The van der Waals surface area contributed by atoms with Crippen molar-refractivity contribution >= 4 is 12.0 Å². The molecule has 1 aromatic carbocycles. The van der Waals surface area contributed by atoms with Crippen LogP contribution < -0.4 is 14.8 Å². The maximum atomic E-state index is 12.7. The number of ether oxygens (including phenoxy) is 2. The van der Waals surface area contributed by atoms with Crippen LogP contribution in [0.2, 0.25) is 0 Å². The summed E-state index contributed by atoms with van der Waals surface area (Å²) >= 11 is 0. The molecule has 0 aromatic heterocycles. The molecule has 0 bridgehead atoms. The fraction of sp³-hybridized carbons (Fsp3) is 0.526. The van der Waals surface area contributed by atoms with Gasteiger partial charge in [-0.05, 0) is 37.9 Å². The second kappa shape index (κ2) is 6.48. The topological polar surface area (TPSA) is 50.8 Å². The van der Waals surface area contributed by atoms with Crippen LogP contribution >= 0.6 is 0 Å². The van der Waals surface area contributed by atoms with Crippen molar-refractivity contribution in [3.05, 3.63) is 29.3 Å². The van der Waals surface area contributed by atoms with Gasteiger partial charge in [0.05, 0.1) is 12.7 Å². The number of piperidine rings is 1. The van der Waals surface area contributed by atoms with Gasteiger partial charge in [0.2, 0.25) is 0 Å². The Morgan fingerprint density at radius 1 is 1.29 bits per heavy atom. The predicted molar refractivity (Wildman–Crippen MR) is 92.2 cm³/mol. The van der Waals surface area contributed by atoms with E-state index >= 15 is 0 Å². The van der Waals surface area contributed by atoms with Gasteiger partial charge in [0.15, 0.2) is 11.5 Å². The Hall–Kier alpha value is -2.01. The van der Waals surface area contributed by atoms with E-state index in [-0.39, 0.29) is 11.9 Å². The highest BCUT2D eigenvalue weighted by Gasteiger charge is 2.36. The summed E-state index contributed by atoms with van der Waals surface area (Å²) in [5.74, 6) is 1.42. The number of fused-ring (bicyclic) bond motifs is 2. The number of amides is 1. The van der Waals surface area contributed by atoms with Gasteiger partial charge in [-0.1, -0.05) is 18.6 Å². The molecule has 3 aliphatic rings. The van der Waals surface area contributed by atoms with Crippen LogP contribution in [-0.4, -0.2) is 49.7 Å². The zero-order valence-electron chi connectivity index (χ0n) is 14.1. The maximum Gasteiger partial charge on any atom is 0.250 e. The number of hydrogen-bond donors (Lipinski definition) is 1. The number of hydrogen-bond acceptors (Lipinski definition) is 4. The van der Waals surface area contributed by atoms with Crippen molar-refractivity contribution in [2.75, 3.05) is 26.8 Å². The molecule has 0 unspecified atom stereocenters. The van der Waals surface area contributed by atoms with Gasteiger partial charge in [-0.2, -0.15) is 0 Å². The number of methoxy groups -OCH3 is 1. The Morgan fingerprint density at radius 2 is 2.21 bits per heavy atom. The Balaban J connectivity index is 1.48. The first kappa shape index (κ1) is 15.5. The summed E-state index contributed by atoms with van der Waals surface area (Å²) < 4.78 is 11.1. The van der Waals surface area contributed by atoms with E-state index in [2.05, 4.69) is 10.2 Å². The molecule has 4 rings (SSSR count). The molecule has 3 aliphatic heterocycles.